The first-order valence-electron chi connectivity index (χ1n) is 8.14. The van der Waals surface area contributed by atoms with Gasteiger partial charge in [-0.15, -0.1) is 0 Å². The Bertz CT molecular complexity index is 536. The van der Waals surface area contributed by atoms with Gasteiger partial charge in [0, 0.05) is 12.1 Å². The van der Waals surface area contributed by atoms with Crippen LogP contribution in [0, 0.1) is 0 Å². The van der Waals surface area contributed by atoms with Crippen LogP contribution in [0.25, 0.3) is 6.08 Å². The van der Waals surface area contributed by atoms with Crippen molar-refractivity contribution in [3.05, 3.63) is 42.0 Å². The van der Waals surface area contributed by atoms with Gasteiger partial charge in [0.15, 0.2) is 0 Å². The number of nitrogens with one attached hydrogen (secondary N) is 2. The van der Waals surface area contributed by atoms with Crippen molar-refractivity contribution in [3.8, 4) is 0 Å². The van der Waals surface area contributed by atoms with Gasteiger partial charge in [-0.3, -0.25) is 9.59 Å². The van der Waals surface area contributed by atoms with Crippen molar-refractivity contribution in [1.29, 1.82) is 0 Å². The quantitative estimate of drug-likeness (QED) is 0.698. The first-order valence-corrected chi connectivity index (χ1v) is 8.14. The topological polar surface area (TPSA) is 78.4 Å². The molecule has 3 N–H and O–H groups in total. The summed E-state index contributed by atoms with van der Waals surface area (Å²) in [4.78, 5) is 24.0. The number of aliphatic hydroxyl groups is 1. The Labute approximate surface area is 136 Å². The number of carbonyl (C=O) groups is 2. The zero-order valence-corrected chi connectivity index (χ0v) is 13.2. The van der Waals surface area contributed by atoms with Crippen LogP contribution < -0.4 is 10.6 Å². The van der Waals surface area contributed by atoms with Crippen molar-refractivity contribution >= 4 is 17.9 Å². The SMILES string of the molecule is O=C(/C=C/c1ccccc1)N[C@H](CO)C(=O)NC1CCCCC1. The number of aliphatic hydroxyl groups excluding tert-OH is 1. The molecule has 0 radical (unpaired) electrons. The van der Waals surface area contributed by atoms with Crippen molar-refractivity contribution in [2.24, 2.45) is 0 Å². The molecule has 0 bridgehead atoms. The molecule has 2 rings (SSSR count). The number of hydrogen-bond donors (Lipinski definition) is 3. The number of benzene rings is 1. The third-order valence-corrected chi connectivity index (χ3v) is 3.99. The van der Waals surface area contributed by atoms with E-state index in [4.69, 9.17) is 0 Å². The summed E-state index contributed by atoms with van der Waals surface area (Å²) in [5.41, 5.74) is 0.898. The van der Waals surface area contributed by atoms with E-state index >= 15 is 0 Å². The van der Waals surface area contributed by atoms with E-state index in [0.717, 1.165) is 31.2 Å². The highest BCUT2D eigenvalue weighted by Gasteiger charge is 2.22. The number of carbonyl (C=O) groups excluding carboxylic acids is 2. The Morgan fingerprint density at radius 2 is 1.87 bits per heavy atom. The van der Waals surface area contributed by atoms with E-state index < -0.39 is 18.6 Å². The molecule has 0 spiro atoms. The van der Waals surface area contributed by atoms with Crippen LogP contribution in [0.3, 0.4) is 0 Å². The van der Waals surface area contributed by atoms with Crippen molar-refractivity contribution < 1.29 is 14.7 Å². The minimum Gasteiger partial charge on any atom is -0.394 e. The van der Waals surface area contributed by atoms with Crippen molar-refractivity contribution in [2.75, 3.05) is 6.61 Å². The number of hydrogen-bond acceptors (Lipinski definition) is 3. The van der Waals surface area contributed by atoms with Crippen LogP contribution in [0.1, 0.15) is 37.7 Å². The van der Waals surface area contributed by atoms with Gasteiger partial charge < -0.3 is 15.7 Å². The second kappa shape index (κ2) is 9.10. The van der Waals surface area contributed by atoms with Gasteiger partial charge >= 0.3 is 0 Å². The second-order valence-electron chi connectivity index (χ2n) is 5.83. The molecule has 1 aromatic rings. The highest BCUT2D eigenvalue weighted by atomic mass is 16.3. The van der Waals surface area contributed by atoms with Crippen molar-refractivity contribution in [1.82, 2.24) is 10.6 Å². The molecule has 1 aliphatic rings. The summed E-state index contributed by atoms with van der Waals surface area (Å²) >= 11 is 0. The standard InChI is InChI=1S/C18H24N2O3/c21-13-16(18(23)19-15-9-5-2-6-10-15)20-17(22)12-11-14-7-3-1-4-8-14/h1,3-4,7-8,11-12,15-16,21H,2,5-6,9-10,13H2,(H,19,23)(H,20,22)/b12-11+/t16-/m1/s1. The molecule has 0 aliphatic heterocycles. The highest BCUT2D eigenvalue weighted by molar-refractivity contribution is 5.95. The van der Waals surface area contributed by atoms with Gasteiger partial charge in [0.2, 0.25) is 11.8 Å². The minimum atomic E-state index is -0.912. The Kier molecular flexibility index (Phi) is 6.81. The maximum atomic E-state index is 12.1. The molecule has 1 atom stereocenters. The monoisotopic (exact) mass is 316 g/mol. The average molecular weight is 316 g/mol. The first kappa shape index (κ1) is 17.2. The van der Waals surface area contributed by atoms with Crippen LogP contribution >= 0.6 is 0 Å². The molecule has 5 nitrogen and oxygen atoms in total. The van der Waals surface area contributed by atoms with E-state index in [1.807, 2.05) is 30.3 Å². The van der Waals surface area contributed by atoms with Gasteiger partial charge in [0.05, 0.1) is 6.61 Å². The number of amides is 2. The van der Waals surface area contributed by atoms with Gasteiger partial charge in [-0.05, 0) is 24.5 Å². The van der Waals surface area contributed by atoms with Gasteiger partial charge in [0.25, 0.3) is 0 Å². The van der Waals surface area contributed by atoms with E-state index in [1.54, 1.807) is 6.08 Å². The smallest absolute Gasteiger partial charge is 0.245 e. The third kappa shape index (κ3) is 5.87. The number of rotatable bonds is 6. The fourth-order valence-corrected chi connectivity index (χ4v) is 2.70. The molecule has 1 aliphatic carbocycles. The first-order chi connectivity index (χ1) is 11.2. The molecule has 0 heterocycles. The fraction of sp³-hybridized carbons (Fsp3) is 0.444. The lowest BCUT2D eigenvalue weighted by Gasteiger charge is -2.25. The van der Waals surface area contributed by atoms with Gasteiger partial charge in [-0.1, -0.05) is 49.6 Å². The third-order valence-electron chi connectivity index (χ3n) is 3.99. The molecule has 0 unspecified atom stereocenters. The highest BCUT2D eigenvalue weighted by Crippen LogP contribution is 2.17. The molecule has 1 fully saturated rings. The maximum Gasteiger partial charge on any atom is 0.245 e. The summed E-state index contributed by atoms with van der Waals surface area (Å²) in [6.45, 7) is -0.413. The van der Waals surface area contributed by atoms with Crippen molar-refractivity contribution in [2.45, 2.75) is 44.2 Å². The van der Waals surface area contributed by atoms with Crippen LogP contribution in [0.5, 0.6) is 0 Å². The molecule has 0 saturated heterocycles. The summed E-state index contributed by atoms with van der Waals surface area (Å²) in [5.74, 6) is -0.715. The summed E-state index contributed by atoms with van der Waals surface area (Å²) < 4.78 is 0. The molecular formula is C18H24N2O3. The van der Waals surface area contributed by atoms with Gasteiger partial charge in [-0.2, -0.15) is 0 Å². The Morgan fingerprint density at radius 3 is 2.52 bits per heavy atom. The van der Waals surface area contributed by atoms with Crippen LogP contribution in [0.15, 0.2) is 36.4 Å². The Morgan fingerprint density at radius 1 is 1.17 bits per heavy atom. The lowest BCUT2D eigenvalue weighted by molar-refractivity contribution is -0.128. The largest absolute Gasteiger partial charge is 0.394 e. The lowest BCUT2D eigenvalue weighted by Crippen LogP contribution is -2.51. The summed E-state index contributed by atoms with van der Waals surface area (Å²) in [6.07, 6.45) is 8.39. The molecule has 2 amide bonds. The van der Waals surface area contributed by atoms with Crippen LogP contribution in [-0.4, -0.2) is 35.6 Å². The minimum absolute atomic E-state index is 0.155. The molecule has 23 heavy (non-hydrogen) atoms. The summed E-state index contributed by atoms with van der Waals surface area (Å²) in [7, 11) is 0. The Balaban J connectivity index is 1.84. The molecule has 5 heteroatoms. The second-order valence-corrected chi connectivity index (χ2v) is 5.83. The predicted octanol–water partition coefficient (Wildman–Crippen LogP) is 1.63. The predicted molar refractivity (Wildman–Crippen MR) is 89.5 cm³/mol. The molecular weight excluding hydrogens is 292 g/mol. The molecule has 1 saturated carbocycles. The fourth-order valence-electron chi connectivity index (χ4n) is 2.70. The summed E-state index contributed by atoms with van der Waals surface area (Å²) in [5, 5.41) is 14.8. The van der Waals surface area contributed by atoms with E-state index in [-0.39, 0.29) is 11.9 Å². The van der Waals surface area contributed by atoms with Gasteiger partial charge in [-0.25, -0.2) is 0 Å². The van der Waals surface area contributed by atoms with Crippen LogP contribution in [-0.2, 0) is 9.59 Å². The Hall–Kier alpha value is -2.14. The molecule has 1 aromatic carbocycles. The molecule has 0 aromatic heterocycles. The zero-order valence-electron chi connectivity index (χ0n) is 13.2. The van der Waals surface area contributed by atoms with E-state index in [2.05, 4.69) is 10.6 Å². The zero-order chi connectivity index (χ0) is 16.5. The van der Waals surface area contributed by atoms with E-state index in [0.29, 0.717) is 0 Å². The van der Waals surface area contributed by atoms with Gasteiger partial charge in [0.1, 0.15) is 6.04 Å². The van der Waals surface area contributed by atoms with Crippen LogP contribution in [0.4, 0.5) is 0 Å². The van der Waals surface area contributed by atoms with Crippen LogP contribution in [0.2, 0.25) is 0 Å². The van der Waals surface area contributed by atoms with E-state index in [1.165, 1.54) is 12.5 Å². The normalized spacial score (nSPS) is 16.9. The lowest BCUT2D eigenvalue weighted by atomic mass is 9.95. The summed E-state index contributed by atoms with van der Waals surface area (Å²) in [6, 6.07) is 8.66. The maximum absolute atomic E-state index is 12.1. The van der Waals surface area contributed by atoms with Crippen molar-refractivity contribution in [3.63, 3.8) is 0 Å². The molecule has 124 valence electrons. The average Bonchev–Trinajstić information content (AvgIpc) is 2.59. The van der Waals surface area contributed by atoms with E-state index in [9.17, 15) is 14.7 Å².